The van der Waals surface area contributed by atoms with Gasteiger partial charge in [-0.2, -0.15) is 0 Å². The topological polar surface area (TPSA) is 66.5 Å². The Bertz CT molecular complexity index is 549. The molecule has 1 aromatic rings. The average Bonchev–Trinajstić information content (AvgIpc) is 3.11. The number of thiophene rings is 1. The van der Waals surface area contributed by atoms with Crippen molar-refractivity contribution in [3.05, 3.63) is 17.5 Å². The fourth-order valence-electron chi connectivity index (χ4n) is 2.52. The number of rotatable bonds is 7. The van der Waals surface area contributed by atoms with Crippen LogP contribution in [0.5, 0.6) is 0 Å². The number of hydrogen-bond donors (Lipinski definition) is 1. The first kappa shape index (κ1) is 16.5. The Balaban J connectivity index is 1.74. The maximum absolute atomic E-state index is 12.2. The van der Waals surface area contributed by atoms with Gasteiger partial charge in [0.2, 0.25) is 5.91 Å². The van der Waals surface area contributed by atoms with Crippen LogP contribution in [0.15, 0.2) is 21.7 Å². The third-order valence-corrected chi connectivity index (χ3v) is 6.99. The van der Waals surface area contributed by atoms with E-state index in [1.54, 1.807) is 24.6 Å². The predicted octanol–water partition coefficient (Wildman–Crippen LogP) is 2.21. The highest BCUT2D eigenvalue weighted by molar-refractivity contribution is 7.91. The maximum Gasteiger partial charge on any atom is 0.252 e. The minimum atomic E-state index is -3.40. The average molecular weight is 330 g/mol. The van der Waals surface area contributed by atoms with Crippen molar-refractivity contribution in [1.29, 1.82) is 0 Å². The third kappa shape index (κ3) is 4.52. The van der Waals surface area contributed by atoms with Gasteiger partial charge in [0.25, 0.3) is 10.0 Å². The van der Waals surface area contributed by atoms with Gasteiger partial charge in [-0.25, -0.2) is 12.7 Å². The Morgan fingerprint density at radius 1 is 1.43 bits per heavy atom. The maximum atomic E-state index is 12.2. The number of hydrogen-bond acceptors (Lipinski definition) is 4. The van der Waals surface area contributed by atoms with Crippen molar-refractivity contribution in [3.63, 3.8) is 0 Å². The molecule has 118 valence electrons. The monoisotopic (exact) mass is 330 g/mol. The Labute approximate surface area is 130 Å². The van der Waals surface area contributed by atoms with Crippen molar-refractivity contribution >= 4 is 27.3 Å². The van der Waals surface area contributed by atoms with E-state index >= 15 is 0 Å². The first-order valence-electron chi connectivity index (χ1n) is 7.29. The molecule has 1 aromatic heterocycles. The van der Waals surface area contributed by atoms with Gasteiger partial charge >= 0.3 is 0 Å². The molecule has 1 aliphatic rings. The Morgan fingerprint density at radius 2 is 2.14 bits per heavy atom. The molecule has 21 heavy (non-hydrogen) atoms. The van der Waals surface area contributed by atoms with Gasteiger partial charge in [0, 0.05) is 26.1 Å². The molecule has 1 aliphatic carbocycles. The molecule has 0 aromatic carbocycles. The van der Waals surface area contributed by atoms with Gasteiger partial charge in [-0.3, -0.25) is 4.79 Å². The third-order valence-electron chi connectivity index (χ3n) is 3.76. The van der Waals surface area contributed by atoms with Crippen LogP contribution in [0.1, 0.15) is 38.5 Å². The molecule has 1 amide bonds. The molecule has 0 aliphatic heterocycles. The first-order valence-corrected chi connectivity index (χ1v) is 9.61. The van der Waals surface area contributed by atoms with Gasteiger partial charge in [-0.05, 0) is 30.7 Å². The van der Waals surface area contributed by atoms with Crippen molar-refractivity contribution in [3.8, 4) is 0 Å². The molecular formula is C14H22N2O3S2. The second kappa shape index (κ2) is 7.38. The summed E-state index contributed by atoms with van der Waals surface area (Å²) in [5.41, 5.74) is 0. The molecule has 1 N–H and O–H groups in total. The number of nitrogens with one attached hydrogen (secondary N) is 1. The molecule has 0 bridgehead atoms. The van der Waals surface area contributed by atoms with Gasteiger partial charge in [-0.1, -0.05) is 18.9 Å². The van der Waals surface area contributed by atoms with Crippen molar-refractivity contribution in [2.24, 2.45) is 0 Å². The van der Waals surface area contributed by atoms with E-state index in [1.807, 2.05) is 0 Å². The van der Waals surface area contributed by atoms with E-state index in [-0.39, 0.29) is 5.91 Å². The SMILES string of the molecule is CN(CCCC(=O)NC1CCCC1)S(=O)(=O)c1cccs1. The molecule has 2 rings (SSSR count). The fourth-order valence-corrected chi connectivity index (χ4v) is 4.93. The number of carbonyl (C=O) groups is 1. The zero-order valence-corrected chi connectivity index (χ0v) is 13.9. The molecule has 1 saturated carbocycles. The van der Waals surface area contributed by atoms with E-state index in [4.69, 9.17) is 0 Å². The highest BCUT2D eigenvalue weighted by atomic mass is 32.2. The molecule has 7 heteroatoms. The van der Waals surface area contributed by atoms with Crippen LogP contribution in [0.25, 0.3) is 0 Å². The van der Waals surface area contributed by atoms with Gasteiger partial charge in [0.15, 0.2) is 0 Å². The summed E-state index contributed by atoms with van der Waals surface area (Å²) in [6.07, 6.45) is 5.43. The van der Waals surface area contributed by atoms with Gasteiger partial charge in [0.1, 0.15) is 4.21 Å². The van der Waals surface area contributed by atoms with E-state index in [0.717, 1.165) is 12.8 Å². The lowest BCUT2D eigenvalue weighted by Gasteiger charge is -2.16. The van der Waals surface area contributed by atoms with Crippen molar-refractivity contribution in [2.45, 2.75) is 48.8 Å². The smallest absolute Gasteiger partial charge is 0.252 e. The molecule has 0 spiro atoms. The highest BCUT2D eigenvalue weighted by Crippen LogP contribution is 2.20. The highest BCUT2D eigenvalue weighted by Gasteiger charge is 2.22. The number of nitrogens with zero attached hydrogens (tertiary/aromatic N) is 1. The zero-order valence-electron chi connectivity index (χ0n) is 12.2. The largest absolute Gasteiger partial charge is 0.353 e. The first-order chi connectivity index (χ1) is 10.00. The fraction of sp³-hybridized carbons (Fsp3) is 0.643. The van der Waals surface area contributed by atoms with Crippen LogP contribution < -0.4 is 5.32 Å². The van der Waals surface area contributed by atoms with E-state index in [0.29, 0.717) is 29.6 Å². The molecule has 0 unspecified atom stereocenters. The number of carbonyl (C=O) groups excluding carboxylic acids is 1. The second-order valence-electron chi connectivity index (χ2n) is 5.41. The minimum absolute atomic E-state index is 0.0313. The molecule has 5 nitrogen and oxygen atoms in total. The van der Waals surface area contributed by atoms with Gasteiger partial charge < -0.3 is 5.32 Å². The Morgan fingerprint density at radius 3 is 2.76 bits per heavy atom. The number of sulfonamides is 1. The van der Waals surface area contributed by atoms with E-state index in [9.17, 15) is 13.2 Å². The van der Waals surface area contributed by atoms with Crippen molar-refractivity contribution < 1.29 is 13.2 Å². The summed E-state index contributed by atoms with van der Waals surface area (Å²) in [5.74, 6) is 0.0313. The van der Waals surface area contributed by atoms with Crippen molar-refractivity contribution in [1.82, 2.24) is 9.62 Å². The summed E-state index contributed by atoms with van der Waals surface area (Å²) in [6.45, 7) is 0.359. The van der Waals surface area contributed by atoms with Crippen LogP contribution in [0.4, 0.5) is 0 Å². The standard InChI is InChI=1S/C14H22N2O3S2/c1-16(21(18,19)14-9-5-11-20-14)10-4-8-13(17)15-12-6-2-3-7-12/h5,9,11-12H,2-4,6-8,10H2,1H3,(H,15,17). The van der Waals surface area contributed by atoms with Gasteiger partial charge in [-0.15, -0.1) is 11.3 Å². The summed E-state index contributed by atoms with van der Waals surface area (Å²) in [7, 11) is -1.84. The molecule has 1 heterocycles. The molecule has 0 atom stereocenters. The van der Waals surface area contributed by atoms with E-state index < -0.39 is 10.0 Å². The summed E-state index contributed by atoms with van der Waals surface area (Å²) in [5, 5.41) is 4.76. The summed E-state index contributed by atoms with van der Waals surface area (Å²) < 4.78 is 26.0. The Kier molecular flexibility index (Phi) is 5.78. The lowest BCUT2D eigenvalue weighted by Crippen LogP contribution is -2.33. The van der Waals surface area contributed by atoms with Crippen LogP contribution >= 0.6 is 11.3 Å². The molecule has 0 saturated heterocycles. The van der Waals surface area contributed by atoms with Crippen molar-refractivity contribution in [2.75, 3.05) is 13.6 Å². The zero-order chi connectivity index (χ0) is 15.3. The lowest BCUT2D eigenvalue weighted by molar-refractivity contribution is -0.121. The van der Waals surface area contributed by atoms with E-state index in [2.05, 4.69) is 5.32 Å². The number of amides is 1. The summed E-state index contributed by atoms with van der Waals surface area (Å²) in [4.78, 5) is 11.8. The minimum Gasteiger partial charge on any atom is -0.353 e. The van der Waals surface area contributed by atoms with Crippen LogP contribution in [0.3, 0.4) is 0 Å². The Hall–Kier alpha value is -0.920. The quantitative estimate of drug-likeness (QED) is 0.833. The lowest BCUT2D eigenvalue weighted by atomic mass is 10.2. The summed E-state index contributed by atoms with van der Waals surface area (Å²) >= 11 is 1.21. The molecule has 0 radical (unpaired) electrons. The van der Waals surface area contributed by atoms with Crippen LogP contribution in [-0.4, -0.2) is 38.3 Å². The van der Waals surface area contributed by atoms with E-state index in [1.165, 1.54) is 28.5 Å². The predicted molar refractivity (Wildman–Crippen MR) is 83.8 cm³/mol. The molecule has 1 fully saturated rings. The van der Waals surface area contributed by atoms with Crippen LogP contribution in [0, 0.1) is 0 Å². The van der Waals surface area contributed by atoms with Gasteiger partial charge in [0.05, 0.1) is 0 Å². The van der Waals surface area contributed by atoms with Crippen LogP contribution in [0.2, 0.25) is 0 Å². The van der Waals surface area contributed by atoms with Crippen LogP contribution in [-0.2, 0) is 14.8 Å². The second-order valence-corrected chi connectivity index (χ2v) is 8.63. The summed E-state index contributed by atoms with van der Waals surface area (Å²) in [6, 6.07) is 3.65. The normalized spacial score (nSPS) is 16.5. The molecular weight excluding hydrogens is 308 g/mol.